The molecule has 1 saturated heterocycles. The maximum absolute atomic E-state index is 11.7. The van der Waals surface area contributed by atoms with Crippen molar-refractivity contribution in [3.63, 3.8) is 0 Å². The normalized spacial score (nSPS) is 26.7. The van der Waals surface area contributed by atoms with E-state index in [1.54, 1.807) is 11.3 Å². The van der Waals surface area contributed by atoms with Crippen molar-refractivity contribution in [2.75, 3.05) is 5.75 Å². The van der Waals surface area contributed by atoms with E-state index in [4.69, 9.17) is 11.6 Å². The molecule has 2 heterocycles. The fourth-order valence-electron chi connectivity index (χ4n) is 1.93. The molecule has 0 bridgehead atoms. The Morgan fingerprint density at radius 3 is 2.73 bits per heavy atom. The van der Waals surface area contributed by atoms with Crippen LogP contribution in [0.25, 0.3) is 0 Å². The van der Waals surface area contributed by atoms with Crippen molar-refractivity contribution in [1.82, 2.24) is 0 Å². The summed E-state index contributed by atoms with van der Waals surface area (Å²) in [4.78, 5) is 2.15. The van der Waals surface area contributed by atoms with Crippen molar-refractivity contribution in [3.05, 3.63) is 21.9 Å². The highest BCUT2D eigenvalue weighted by Crippen LogP contribution is 2.38. The summed E-state index contributed by atoms with van der Waals surface area (Å²) < 4.78 is 23.4. The molecule has 2 nitrogen and oxygen atoms in total. The summed E-state index contributed by atoms with van der Waals surface area (Å²) in [6.07, 6.45) is 1.45. The molecule has 2 atom stereocenters. The Labute approximate surface area is 99.2 Å². The molecule has 1 aromatic heterocycles. The largest absolute Gasteiger partial charge is 0.228 e. The van der Waals surface area contributed by atoms with E-state index in [9.17, 15) is 8.42 Å². The Bertz CT molecular complexity index is 450. The third kappa shape index (κ3) is 2.22. The summed E-state index contributed by atoms with van der Waals surface area (Å²) in [5, 5.41) is -0.742. The summed E-state index contributed by atoms with van der Waals surface area (Å²) in [6.45, 7) is 2.00. The fraction of sp³-hybridized carbons (Fsp3) is 0.600. The van der Waals surface area contributed by atoms with Crippen LogP contribution in [0.4, 0.5) is 0 Å². The van der Waals surface area contributed by atoms with E-state index in [1.165, 1.54) is 4.88 Å². The number of halogens is 1. The van der Waals surface area contributed by atoms with Crippen LogP contribution in [0.5, 0.6) is 0 Å². The van der Waals surface area contributed by atoms with Gasteiger partial charge in [0.2, 0.25) is 0 Å². The van der Waals surface area contributed by atoms with Crippen molar-refractivity contribution in [3.8, 4) is 0 Å². The first-order chi connectivity index (χ1) is 7.00. The molecular weight excluding hydrogens is 252 g/mol. The molecule has 0 spiro atoms. The lowest BCUT2D eigenvalue weighted by Crippen LogP contribution is -2.20. The molecule has 5 heteroatoms. The summed E-state index contributed by atoms with van der Waals surface area (Å²) in [5.74, 6) is 0.297. The van der Waals surface area contributed by atoms with E-state index in [0.717, 1.165) is 11.3 Å². The number of hydrogen-bond acceptors (Lipinski definition) is 3. The number of thiophene rings is 1. The second kappa shape index (κ2) is 4.07. The van der Waals surface area contributed by atoms with Crippen LogP contribution in [0, 0.1) is 6.92 Å². The number of sulfone groups is 1. The molecule has 1 aliphatic rings. The first kappa shape index (κ1) is 11.4. The second-order valence-electron chi connectivity index (χ2n) is 3.90. The smallest absolute Gasteiger partial charge is 0.154 e. The lowest BCUT2D eigenvalue weighted by molar-refractivity contribution is 0.587. The monoisotopic (exact) mass is 264 g/mol. The predicted molar refractivity (Wildman–Crippen MR) is 64.5 cm³/mol. The summed E-state index contributed by atoms with van der Waals surface area (Å²) in [7, 11) is -2.95. The maximum Gasteiger partial charge on any atom is 0.154 e. The van der Waals surface area contributed by atoms with Crippen LogP contribution in [-0.4, -0.2) is 19.4 Å². The zero-order valence-corrected chi connectivity index (χ0v) is 10.8. The van der Waals surface area contributed by atoms with Gasteiger partial charge in [-0.1, -0.05) is 0 Å². The quantitative estimate of drug-likeness (QED) is 0.770. The van der Waals surface area contributed by atoms with E-state index in [-0.39, 0.29) is 10.6 Å². The standard InChI is InChI=1S/C10H13ClO2S2/c1-7-4-5-8(14-7)10(11)9-3-2-6-15(9,12)13/h4-5,9-10H,2-3,6H2,1H3. The molecule has 0 radical (unpaired) electrons. The summed E-state index contributed by atoms with van der Waals surface area (Å²) in [6, 6.07) is 3.92. The molecule has 0 saturated carbocycles. The van der Waals surface area contributed by atoms with Crippen molar-refractivity contribution < 1.29 is 8.42 Å². The Kier molecular flexibility index (Phi) is 3.10. The lowest BCUT2D eigenvalue weighted by atomic mass is 10.2. The van der Waals surface area contributed by atoms with Gasteiger partial charge in [0.1, 0.15) is 0 Å². The average molecular weight is 265 g/mol. The molecule has 2 rings (SSSR count). The van der Waals surface area contributed by atoms with Gasteiger partial charge in [0.15, 0.2) is 9.84 Å². The van der Waals surface area contributed by atoms with E-state index >= 15 is 0 Å². The van der Waals surface area contributed by atoms with Crippen LogP contribution in [0.3, 0.4) is 0 Å². The molecule has 1 aliphatic heterocycles. The summed E-state index contributed by atoms with van der Waals surface area (Å²) in [5.41, 5.74) is 0. The van der Waals surface area contributed by atoms with Gasteiger partial charge in [-0.05, 0) is 31.9 Å². The number of alkyl halides is 1. The predicted octanol–water partition coefficient (Wildman–Crippen LogP) is 2.91. The fourth-order valence-corrected chi connectivity index (χ4v) is 5.65. The number of rotatable bonds is 2. The minimum Gasteiger partial charge on any atom is -0.228 e. The van der Waals surface area contributed by atoms with Crippen molar-refractivity contribution in [1.29, 1.82) is 0 Å². The highest BCUT2D eigenvalue weighted by molar-refractivity contribution is 7.92. The van der Waals surface area contributed by atoms with E-state index in [1.807, 2.05) is 19.1 Å². The van der Waals surface area contributed by atoms with Crippen molar-refractivity contribution in [2.24, 2.45) is 0 Å². The third-order valence-corrected chi connectivity index (χ3v) is 6.93. The van der Waals surface area contributed by atoms with Gasteiger partial charge in [-0.15, -0.1) is 22.9 Å². The number of hydrogen-bond donors (Lipinski definition) is 0. The molecule has 0 aliphatic carbocycles. The van der Waals surface area contributed by atoms with Gasteiger partial charge in [-0.25, -0.2) is 8.42 Å². The highest BCUT2D eigenvalue weighted by Gasteiger charge is 2.37. The zero-order chi connectivity index (χ0) is 11.1. The molecule has 15 heavy (non-hydrogen) atoms. The van der Waals surface area contributed by atoms with Gasteiger partial charge >= 0.3 is 0 Å². The van der Waals surface area contributed by atoms with Gasteiger partial charge in [0.25, 0.3) is 0 Å². The number of aryl methyl sites for hydroxylation is 1. The molecule has 0 amide bonds. The van der Waals surface area contributed by atoms with Gasteiger partial charge in [-0.3, -0.25) is 0 Å². The zero-order valence-electron chi connectivity index (χ0n) is 8.44. The Balaban J connectivity index is 2.25. The van der Waals surface area contributed by atoms with Crippen LogP contribution in [0.2, 0.25) is 0 Å². The van der Waals surface area contributed by atoms with Gasteiger partial charge < -0.3 is 0 Å². The van der Waals surface area contributed by atoms with E-state index in [2.05, 4.69) is 0 Å². The maximum atomic E-state index is 11.7. The average Bonchev–Trinajstić information content (AvgIpc) is 2.70. The van der Waals surface area contributed by atoms with Gasteiger partial charge in [0, 0.05) is 9.75 Å². The van der Waals surface area contributed by atoms with Crippen LogP contribution < -0.4 is 0 Å². The first-order valence-corrected chi connectivity index (χ1v) is 7.89. The van der Waals surface area contributed by atoms with E-state index in [0.29, 0.717) is 12.2 Å². The Hall–Kier alpha value is -0.0600. The lowest BCUT2D eigenvalue weighted by Gasteiger charge is -2.14. The van der Waals surface area contributed by atoms with Crippen LogP contribution >= 0.6 is 22.9 Å². The Morgan fingerprint density at radius 1 is 1.53 bits per heavy atom. The minimum atomic E-state index is -2.95. The molecule has 1 aromatic rings. The highest BCUT2D eigenvalue weighted by atomic mass is 35.5. The van der Waals surface area contributed by atoms with Crippen LogP contribution in [0.1, 0.15) is 28.0 Å². The minimum absolute atomic E-state index is 0.297. The van der Waals surface area contributed by atoms with Crippen molar-refractivity contribution in [2.45, 2.75) is 30.4 Å². The molecule has 0 aromatic carbocycles. The second-order valence-corrected chi connectivity index (χ2v) is 8.03. The van der Waals surface area contributed by atoms with Crippen LogP contribution in [-0.2, 0) is 9.84 Å². The van der Waals surface area contributed by atoms with Crippen LogP contribution in [0.15, 0.2) is 12.1 Å². The van der Waals surface area contributed by atoms with Gasteiger partial charge in [0.05, 0.1) is 16.4 Å². The first-order valence-electron chi connectivity index (χ1n) is 4.93. The topological polar surface area (TPSA) is 34.1 Å². The van der Waals surface area contributed by atoms with Gasteiger partial charge in [-0.2, -0.15) is 0 Å². The summed E-state index contributed by atoms with van der Waals surface area (Å²) >= 11 is 7.83. The molecular formula is C10H13ClO2S2. The molecule has 0 N–H and O–H groups in total. The van der Waals surface area contributed by atoms with E-state index < -0.39 is 9.84 Å². The van der Waals surface area contributed by atoms with Crippen molar-refractivity contribution >= 4 is 32.8 Å². The third-order valence-electron chi connectivity index (χ3n) is 2.74. The Morgan fingerprint density at radius 2 is 2.27 bits per heavy atom. The molecule has 84 valence electrons. The molecule has 1 fully saturated rings. The molecule has 2 unspecified atom stereocenters. The SMILES string of the molecule is Cc1ccc(C(Cl)C2CCCS2(=O)=O)s1.